The maximum atomic E-state index is 13.3. The van der Waals surface area contributed by atoms with E-state index in [2.05, 4.69) is 31.1 Å². The Bertz CT molecular complexity index is 838. The van der Waals surface area contributed by atoms with Crippen molar-refractivity contribution in [2.24, 2.45) is 35.0 Å². The van der Waals surface area contributed by atoms with E-state index in [0.29, 0.717) is 11.6 Å². The first-order valence-electron chi connectivity index (χ1n) is 12.9. The van der Waals surface area contributed by atoms with Crippen molar-refractivity contribution in [1.82, 2.24) is 15.2 Å². The van der Waals surface area contributed by atoms with Gasteiger partial charge >= 0.3 is 0 Å². The number of carbonyl (C=O) groups is 2. The van der Waals surface area contributed by atoms with Crippen LogP contribution >= 0.6 is 0 Å². The number of likely N-dealkylation sites (tertiary alicyclic amines) is 1. The van der Waals surface area contributed by atoms with Crippen LogP contribution in [0.1, 0.15) is 76.7 Å². The number of aromatic nitrogens is 1. The van der Waals surface area contributed by atoms with Gasteiger partial charge in [-0.25, -0.2) is 0 Å². The molecule has 2 N–H and O–H groups in total. The van der Waals surface area contributed by atoms with Gasteiger partial charge in [0.25, 0.3) is 5.91 Å². The normalized spacial score (nSPS) is 36.0. The van der Waals surface area contributed by atoms with E-state index in [4.69, 9.17) is 0 Å². The van der Waals surface area contributed by atoms with Crippen molar-refractivity contribution in [3.8, 4) is 0 Å². The van der Waals surface area contributed by atoms with Crippen molar-refractivity contribution in [2.45, 2.75) is 78.4 Å². The molecule has 1 aliphatic heterocycles. The number of amides is 2. The number of hydrogen-bond acceptors (Lipinski definition) is 4. The third-order valence-electron chi connectivity index (χ3n) is 9.23. The topological polar surface area (TPSA) is 82.5 Å². The van der Waals surface area contributed by atoms with Gasteiger partial charge in [-0.1, -0.05) is 33.8 Å². The predicted molar refractivity (Wildman–Crippen MR) is 128 cm³/mol. The molecule has 2 amide bonds. The van der Waals surface area contributed by atoms with Crippen LogP contribution in [0.3, 0.4) is 0 Å². The second-order valence-electron chi connectivity index (χ2n) is 11.4. The number of nitrogens with one attached hydrogen (secondary N) is 1. The monoisotopic (exact) mass is 455 g/mol. The molecule has 0 unspecified atom stereocenters. The fourth-order valence-corrected chi connectivity index (χ4v) is 6.94. The summed E-state index contributed by atoms with van der Waals surface area (Å²) in [5.74, 6) is 0.740. The highest BCUT2D eigenvalue weighted by molar-refractivity contribution is 5.92. The summed E-state index contributed by atoms with van der Waals surface area (Å²) < 4.78 is 0. The molecule has 3 fully saturated rings. The number of piperidine rings is 1. The highest BCUT2D eigenvalue weighted by atomic mass is 16.3. The Morgan fingerprint density at radius 1 is 1.15 bits per heavy atom. The van der Waals surface area contributed by atoms with E-state index in [1.54, 1.807) is 18.3 Å². The highest BCUT2D eigenvalue weighted by Crippen LogP contribution is 2.55. The van der Waals surface area contributed by atoms with E-state index in [0.717, 1.165) is 51.6 Å². The van der Waals surface area contributed by atoms with Crippen LogP contribution in [-0.4, -0.2) is 52.0 Å². The second kappa shape index (κ2) is 9.73. The standard InChI is InChI=1S/C27H41N3O3/c1-17-10-15-30(16-11-17)26(33)18(2)20-8-12-27(4)13-9-21(19(3)23(27)24(20)31)29-25(32)22-7-5-6-14-28-22/h5-7,14,17-21,23-24,31H,8-13,15-16H2,1-4H3,(H,29,32)/t18-,19+,20-,21-,23+,24-,27-/m0/s1. The number of fused-ring (bicyclic) bond motifs is 1. The lowest BCUT2D eigenvalue weighted by Crippen LogP contribution is -2.58. The van der Waals surface area contributed by atoms with Gasteiger partial charge in [-0.3, -0.25) is 14.6 Å². The van der Waals surface area contributed by atoms with Gasteiger partial charge in [0.05, 0.1) is 6.10 Å². The van der Waals surface area contributed by atoms with Crippen LogP contribution in [0.2, 0.25) is 0 Å². The lowest BCUT2D eigenvalue weighted by molar-refractivity contribution is -0.151. The Balaban J connectivity index is 1.45. The Morgan fingerprint density at radius 2 is 1.85 bits per heavy atom. The fourth-order valence-electron chi connectivity index (χ4n) is 6.94. The summed E-state index contributed by atoms with van der Waals surface area (Å²) in [5, 5.41) is 14.8. The van der Waals surface area contributed by atoms with Crippen LogP contribution in [0.25, 0.3) is 0 Å². The van der Waals surface area contributed by atoms with E-state index in [1.807, 2.05) is 17.9 Å². The molecule has 6 heteroatoms. The largest absolute Gasteiger partial charge is 0.392 e. The molecular formula is C27H41N3O3. The van der Waals surface area contributed by atoms with Crippen LogP contribution in [0.5, 0.6) is 0 Å². The number of aliphatic hydroxyl groups excluding tert-OH is 1. The van der Waals surface area contributed by atoms with Crippen LogP contribution in [0.4, 0.5) is 0 Å². The molecule has 3 aliphatic rings. The summed E-state index contributed by atoms with van der Waals surface area (Å²) in [7, 11) is 0. The number of hydrogen-bond donors (Lipinski definition) is 2. The Labute approximate surface area is 198 Å². The van der Waals surface area contributed by atoms with Crippen LogP contribution in [0.15, 0.2) is 24.4 Å². The minimum atomic E-state index is -0.532. The minimum Gasteiger partial charge on any atom is -0.392 e. The van der Waals surface area contributed by atoms with E-state index in [9.17, 15) is 14.7 Å². The van der Waals surface area contributed by atoms with Gasteiger partial charge in [0.15, 0.2) is 0 Å². The molecule has 4 rings (SSSR count). The minimum absolute atomic E-state index is 0.000529. The Kier molecular flexibility index (Phi) is 7.13. The maximum Gasteiger partial charge on any atom is 0.270 e. The number of pyridine rings is 1. The van der Waals surface area contributed by atoms with E-state index in [1.165, 1.54) is 0 Å². The molecule has 182 valence electrons. The Morgan fingerprint density at radius 3 is 2.52 bits per heavy atom. The van der Waals surface area contributed by atoms with E-state index < -0.39 is 6.10 Å². The van der Waals surface area contributed by atoms with Crippen LogP contribution in [-0.2, 0) is 4.79 Å². The molecule has 1 saturated heterocycles. The third-order valence-corrected chi connectivity index (χ3v) is 9.23. The molecule has 2 heterocycles. The molecular weight excluding hydrogens is 414 g/mol. The fraction of sp³-hybridized carbons (Fsp3) is 0.741. The molecule has 7 atom stereocenters. The summed E-state index contributed by atoms with van der Waals surface area (Å²) in [5.41, 5.74) is 0.473. The van der Waals surface area contributed by atoms with Crippen molar-refractivity contribution in [3.63, 3.8) is 0 Å². The first kappa shape index (κ1) is 24.2. The summed E-state index contributed by atoms with van der Waals surface area (Å²) in [6.07, 6.45) is 7.05. The third kappa shape index (κ3) is 4.82. The zero-order chi connectivity index (χ0) is 23.8. The molecule has 33 heavy (non-hydrogen) atoms. The molecule has 0 bridgehead atoms. The molecule has 0 aromatic carbocycles. The predicted octanol–water partition coefficient (Wildman–Crippen LogP) is 3.90. The van der Waals surface area contributed by atoms with Gasteiger partial charge in [-0.05, 0) is 79.7 Å². The SMILES string of the molecule is CC1CCN(C(=O)[C@@H](C)[C@@H]2CC[C@@]3(C)CC[C@H](NC(=O)c4ccccn4)[C@@H](C)[C@@H]3[C@H]2O)CC1. The van der Waals surface area contributed by atoms with Gasteiger partial charge in [-0.15, -0.1) is 0 Å². The summed E-state index contributed by atoms with van der Waals surface area (Å²) in [4.78, 5) is 32.2. The first-order chi connectivity index (χ1) is 15.7. The quantitative estimate of drug-likeness (QED) is 0.721. The van der Waals surface area contributed by atoms with Crippen molar-refractivity contribution in [1.29, 1.82) is 0 Å². The average molecular weight is 456 g/mol. The van der Waals surface area contributed by atoms with Gasteiger partial charge < -0.3 is 15.3 Å². The molecule has 1 aromatic heterocycles. The lowest BCUT2D eigenvalue weighted by Gasteiger charge is -2.56. The van der Waals surface area contributed by atoms with Crippen molar-refractivity contribution in [3.05, 3.63) is 30.1 Å². The summed E-state index contributed by atoms with van der Waals surface area (Å²) in [6, 6.07) is 5.35. The first-order valence-corrected chi connectivity index (χ1v) is 12.9. The number of aliphatic hydroxyl groups is 1. The average Bonchev–Trinajstić information content (AvgIpc) is 2.81. The molecule has 2 saturated carbocycles. The molecule has 2 aliphatic carbocycles. The molecule has 0 spiro atoms. The van der Waals surface area contributed by atoms with Crippen LogP contribution in [0, 0.1) is 35.0 Å². The highest BCUT2D eigenvalue weighted by Gasteiger charge is 2.54. The summed E-state index contributed by atoms with van der Waals surface area (Å²) >= 11 is 0. The van der Waals surface area contributed by atoms with Gasteiger partial charge in [0, 0.05) is 31.2 Å². The van der Waals surface area contributed by atoms with Crippen molar-refractivity contribution in [2.75, 3.05) is 13.1 Å². The lowest BCUT2D eigenvalue weighted by atomic mass is 9.51. The maximum absolute atomic E-state index is 13.3. The van der Waals surface area contributed by atoms with E-state index >= 15 is 0 Å². The van der Waals surface area contributed by atoms with Crippen molar-refractivity contribution < 1.29 is 14.7 Å². The molecule has 6 nitrogen and oxygen atoms in total. The number of nitrogens with zero attached hydrogens (tertiary/aromatic N) is 2. The smallest absolute Gasteiger partial charge is 0.270 e. The zero-order valence-electron chi connectivity index (χ0n) is 20.7. The molecule has 0 radical (unpaired) electrons. The number of rotatable bonds is 4. The van der Waals surface area contributed by atoms with Crippen LogP contribution < -0.4 is 5.32 Å². The van der Waals surface area contributed by atoms with Gasteiger partial charge in [0.2, 0.25) is 5.91 Å². The molecule has 1 aromatic rings. The zero-order valence-corrected chi connectivity index (χ0v) is 20.7. The number of carbonyl (C=O) groups excluding carboxylic acids is 2. The van der Waals surface area contributed by atoms with Gasteiger partial charge in [-0.2, -0.15) is 0 Å². The van der Waals surface area contributed by atoms with Gasteiger partial charge in [0.1, 0.15) is 5.69 Å². The van der Waals surface area contributed by atoms with E-state index in [-0.39, 0.29) is 46.9 Å². The summed E-state index contributed by atoms with van der Waals surface area (Å²) in [6.45, 7) is 10.4. The van der Waals surface area contributed by atoms with Crippen molar-refractivity contribution >= 4 is 11.8 Å². The second-order valence-corrected chi connectivity index (χ2v) is 11.4. The Hall–Kier alpha value is -1.95.